The topological polar surface area (TPSA) is 153 Å². The normalized spacial score (nSPS) is 22.8. The van der Waals surface area contributed by atoms with Crippen LogP contribution in [-0.2, 0) is 19.2 Å². The summed E-state index contributed by atoms with van der Waals surface area (Å²) in [7, 11) is 2.63. The van der Waals surface area contributed by atoms with E-state index >= 15 is 0 Å². The van der Waals surface area contributed by atoms with E-state index in [4.69, 9.17) is 0 Å². The van der Waals surface area contributed by atoms with E-state index in [0.29, 0.717) is 17.4 Å². The minimum Gasteiger partial charge on any atom is -0.480 e. The third-order valence-electron chi connectivity index (χ3n) is 6.98. The van der Waals surface area contributed by atoms with Crippen molar-refractivity contribution in [1.82, 2.24) is 14.7 Å². The minimum atomic E-state index is -1.29. The molecule has 1 aromatic rings. The zero-order chi connectivity index (χ0) is 29.2. The Morgan fingerprint density at radius 3 is 2.02 bits per heavy atom. The number of carbonyl (C=O) groups is 6. The van der Waals surface area contributed by atoms with Crippen molar-refractivity contribution in [3.05, 3.63) is 35.4 Å². The van der Waals surface area contributed by atoms with Gasteiger partial charge in [-0.2, -0.15) is 0 Å². The van der Waals surface area contributed by atoms with Crippen LogP contribution >= 0.6 is 45.1 Å². The third kappa shape index (κ3) is 6.11. The Balaban J connectivity index is 1.45. The van der Waals surface area contributed by atoms with Crippen LogP contribution in [0.25, 0.3) is 0 Å². The lowest BCUT2D eigenvalue weighted by Crippen LogP contribution is -2.54. The fourth-order valence-electron chi connectivity index (χ4n) is 4.64. The molecule has 4 rings (SSSR count). The number of carboxylic acid groups (broad SMARTS) is 2. The van der Waals surface area contributed by atoms with Crippen LogP contribution in [0.1, 0.15) is 34.6 Å². The van der Waals surface area contributed by atoms with Gasteiger partial charge in [0.15, 0.2) is 0 Å². The van der Waals surface area contributed by atoms with Crippen molar-refractivity contribution >= 4 is 80.7 Å². The van der Waals surface area contributed by atoms with E-state index in [0.717, 1.165) is 4.90 Å². The number of rotatable bonds is 11. The Labute approximate surface area is 247 Å². The Bertz CT molecular complexity index is 1200. The molecular formula is C25H29N3O8S4. The highest BCUT2D eigenvalue weighted by molar-refractivity contribution is 8.76. The number of thioether (sulfide) groups is 2. The SMILES string of the molecule is C[C@H](CSSC[C@@](C)(CN1C(=O)c2ccccc2C1=O)C(=O)N1CSC[C@H]1C(=O)O)C(=O)N1CSC[C@H]1C(=O)O. The van der Waals surface area contributed by atoms with Crippen LogP contribution in [0.15, 0.2) is 24.3 Å². The second kappa shape index (κ2) is 12.7. The van der Waals surface area contributed by atoms with Crippen molar-refractivity contribution < 1.29 is 39.0 Å². The standard InChI is InChI=1S/C25H29N3O8S4/c1-14(19(29)27-12-37-8-17(27)22(32)33)7-39-40-11-25(2,24(36)28-13-38-9-18(28)23(34)35)10-26-20(30)15-5-3-4-6-16(15)21(26)31/h3-6,14,17-18H,7-13H2,1-2H3,(H,32,33)(H,34,35)/t14-,17+,18+,25-/m1/s1. The van der Waals surface area contributed by atoms with E-state index in [1.165, 1.54) is 54.9 Å². The van der Waals surface area contributed by atoms with Crippen LogP contribution < -0.4 is 0 Å². The largest absolute Gasteiger partial charge is 0.480 e. The highest BCUT2D eigenvalue weighted by Crippen LogP contribution is 2.38. The third-order valence-corrected chi connectivity index (χ3v) is 11.8. The molecule has 11 nitrogen and oxygen atoms in total. The van der Waals surface area contributed by atoms with Gasteiger partial charge >= 0.3 is 11.9 Å². The van der Waals surface area contributed by atoms with E-state index in [1.807, 2.05) is 0 Å². The number of carboxylic acids is 2. The van der Waals surface area contributed by atoms with Gasteiger partial charge in [0.2, 0.25) is 11.8 Å². The number of fused-ring (bicyclic) bond motifs is 1. The van der Waals surface area contributed by atoms with Gasteiger partial charge in [-0.1, -0.05) is 40.6 Å². The monoisotopic (exact) mass is 627 g/mol. The Morgan fingerprint density at radius 1 is 0.950 bits per heavy atom. The first-order valence-corrected chi connectivity index (χ1v) is 17.2. The molecule has 0 unspecified atom stereocenters. The molecule has 0 aromatic heterocycles. The van der Waals surface area contributed by atoms with Crippen molar-refractivity contribution in [2.24, 2.45) is 11.3 Å². The molecule has 3 aliphatic rings. The summed E-state index contributed by atoms with van der Waals surface area (Å²) in [6.07, 6.45) is 0. The summed E-state index contributed by atoms with van der Waals surface area (Å²) in [6, 6.07) is 4.58. The average Bonchev–Trinajstić information content (AvgIpc) is 3.67. The molecule has 0 aliphatic carbocycles. The van der Waals surface area contributed by atoms with E-state index in [2.05, 4.69) is 0 Å². The molecule has 1 aromatic carbocycles. The maximum Gasteiger partial charge on any atom is 0.327 e. The lowest BCUT2D eigenvalue weighted by atomic mass is 9.90. The summed E-state index contributed by atoms with van der Waals surface area (Å²) in [6.45, 7) is 3.13. The first-order valence-electron chi connectivity index (χ1n) is 12.4. The summed E-state index contributed by atoms with van der Waals surface area (Å²) in [5.74, 6) is -2.73. The maximum absolute atomic E-state index is 13.8. The van der Waals surface area contributed by atoms with E-state index in [9.17, 15) is 39.0 Å². The number of imide groups is 1. The first kappa shape index (κ1) is 30.6. The van der Waals surface area contributed by atoms with Crippen LogP contribution in [0, 0.1) is 11.3 Å². The number of aliphatic carboxylic acids is 2. The van der Waals surface area contributed by atoms with Crippen LogP contribution in [0.3, 0.4) is 0 Å². The molecule has 2 N–H and O–H groups in total. The number of benzene rings is 1. The van der Waals surface area contributed by atoms with Crippen molar-refractivity contribution in [3.8, 4) is 0 Å². The van der Waals surface area contributed by atoms with Gasteiger partial charge in [0.1, 0.15) is 12.1 Å². The smallest absolute Gasteiger partial charge is 0.327 e. The molecule has 15 heteroatoms. The molecule has 4 atom stereocenters. The second-order valence-corrected chi connectivity index (χ2v) is 14.5. The highest BCUT2D eigenvalue weighted by atomic mass is 33.1. The molecule has 40 heavy (non-hydrogen) atoms. The van der Waals surface area contributed by atoms with E-state index in [1.54, 1.807) is 38.1 Å². The van der Waals surface area contributed by atoms with Gasteiger partial charge in [0.05, 0.1) is 28.3 Å². The summed E-state index contributed by atoms with van der Waals surface area (Å²) < 4.78 is 0. The zero-order valence-electron chi connectivity index (χ0n) is 21.8. The number of hydrogen-bond donors (Lipinski definition) is 2. The van der Waals surface area contributed by atoms with Gasteiger partial charge in [-0.3, -0.25) is 24.1 Å². The molecule has 216 valence electrons. The summed E-state index contributed by atoms with van der Waals surface area (Å²) in [5, 5.41) is 19.0. The quantitative estimate of drug-likeness (QED) is 0.210. The molecule has 0 bridgehead atoms. The van der Waals surface area contributed by atoms with Crippen LogP contribution in [0.5, 0.6) is 0 Å². The molecular weight excluding hydrogens is 599 g/mol. The van der Waals surface area contributed by atoms with Gasteiger partial charge < -0.3 is 20.0 Å². The van der Waals surface area contributed by atoms with E-state index in [-0.39, 0.29) is 41.0 Å². The van der Waals surface area contributed by atoms with Gasteiger partial charge in [-0.15, -0.1) is 23.5 Å². The maximum atomic E-state index is 13.8. The van der Waals surface area contributed by atoms with Crippen LogP contribution in [-0.4, -0.2) is 114 Å². The molecule has 3 heterocycles. The molecule has 4 amide bonds. The van der Waals surface area contributed by atoms with Crippen molar-refractivity contribution in [3.63, 3.8) is 0 Å². The van der Waals surface area contributed by atoms with Gasteiger partial charge in [0.25, 0.3) is 11.8 Å². The van der Waals surface area contributed by atoms with E-state index < -0.39 is 53.1 Å². The summed E-state index contributed by atoms with van der Waals surface area (Å²) in [5.41, 5.74) is -0.773. The molecule has 3 aliphatic heterocycles. The van der Waals surface area contributed by atoms with Gasteiger partial charge in [-0.25, -0.2) is 9.59 Å². The van der Waals surface area contributed by atoms with Crippen molar-refractivity contribution in [2.45, 2.75) is 25.9 Å². The molecule has 2 saturated heterocycles. The van der Waals surface area contributed by atoms with Crippen molar-refractivity contribution in [2.75, 3.05) is 41.3 Å². The first-order chi connectivity index (χ1) is 19.0. The predicted molar refractivity (Wildman–Crippen MR) is 155 cm³/mol. The second-order valence-electron chi connectivity index (χ2n) is 10.0. The Kier molecular flexibility index (Phi) is 9.68. The predicted octanol–water partition coefficient (Wildman–Crippen LogP) is 2.28. The van der Waals surface area contributed by atoms with Crippen LogP contribution in [0.4, 0.5) is 0 Å². The van der Waals surface area contributed by atoms with Gasteiger partial charge in [-0.05, 0) is 19.1 Å². The minimum absolute atomic E-state index is 0.148. The molecule has 2 fully saturated rings. The average molecular weight is 628 g/mol. The molecule has 0 radical (unpaired) electrons. The Morgan fingerprint density at radius 2 is 1.48 bits per heavy atom. The summed E-state index contributed by atoms with van der Waals surface area (Å²) >= 11 is 2.72. The number of carbonyl (C=O) groups excluding carboxylic acids is 4. The highest BCUT2D eigenvalue weighted by Gasteiger charge is 2.48. The summed E-state index contributed by atoms with van der Waals surface area (Å²) in [4.78, 5) is 79.8. The molecule has 0 saturated carbocycles. The fourth-order valence-corrected chi connectivity index (χ4v) is 9.87. The number of nitrogens with zero attached hydrogens (tertiary/aromatic N) is 3. The van der Waals surface area contributed by atoms with Crippen molar-refractivity contribution in [1.29, 1.82) is 0 Å². The lowest BCUT2D eigenvalue weighted by Gasteiger charge is -2.35. The number of amides is 4. The van der Waals surface area contributed by atoms with Crippen LogP contribution in [0.2, 0.25) is 0 Å². The lowest BCUT2D eigenvalue weighted by molar-refractivity contribution is -0.151. The van der Waals surface area contributed by atoms with Gasteiger partial charge in [0, 0.05) is 35.5 Å². The zero-order valence-corrected chi connectivity index (χ0v) is 25.1. The number of hydrogen-bond acceptors (Lipinski definition) is 10. The fraction of sp³-hybridized carbons (Fsp3) is 0.520. The molecule has 0 spiro atoms. The Hall–Kier alpha value is -2.36.